The van der Waals surface area contributed by atoms with Crippen LogP contribution in [0.1, 0.15) is 11.1 Å². The third-order valence-electron chi connectivity index (χ3n) is 2.79. The minimum atomic E-state index is 0.0228. The Labute approximate surface area is 131 Å². The van der Waals surface area contributed by atoms with E-state index in [2.05, 4.69) is 22.0 Å². The lowest BCUT2D eigenvalue weighted by Gasteiger charge is -2.10. The van der Waals surface area contributed by atoms with Gasteiger partial charge in [-0.1, -0.05) is 18.2 Å². The van der Waals surface area contributed by atoms with Crippen LogP contribution in [0.15, 0.2) is 51.8 Å². The van der Waals surface area contributed by atoms with E-state index in [9.17, 15) is 0 Å². The predicted octanol–water partition coefficient (Wildman–Crippen LogP) is 4.03. The van der Waals surface area contributed by atoms with Gasteiger partial charge >= 0.3 is 0 Å². The molecular weight excluding hydrogens is 336 g/mol. The number of benzene rings is 2. The first-order chi connectivity index (χ1) is 9.61. The predicted molar refractivity (Wildman–Crippen MR) is 87.7 cm³/mol. The van der Waals surface area contributed by atoms with E-state index >= 15 is 0 Å². The number of nitrogens with two attached hydrogens (primary N) is 1. The number of methoxy groups -OCH3 is 1. The summed E-state index contributed by atoms with van der Waals surface area (Å²) < 4.78 is 6.30. The van der Waals surface area contributed by atoms with Crippen LogP contribution < -0.4 is 10.5 Å². The molecule has 0 atom stereocenters. The summed E-state index contributed by atoms with van der Waals surface area (Å²) in [6, 6.07) is 13.9. The van der Waals surface area contributed by atoms with Crippen LogP contribution in [0.2, 0.25) is 0 Å². The van der Waals surface area contributed by atoms with Gasteiger partial charge in [0.25, 0.3) is 0 Å². The maximum absolute atomic E-state index is 7.59. The molecule has 3 nitrogen and oxygen atoms in total. The van der Waals surface area contributed by atoms with Crippen molar-refractivity contribution < 1.29 is 4.74 Å². The van der Waals surface area contributed by atoms with Crippen LogP contribution in [0.3, 0.4) is 0 Å². The summed E-state index contributed by atoms with van der Waals surface area (Å²) in [5, 5.41) is 7.59. The lowest BCUT2D eigenvalue weighted by molar-refractivity contribution is 0.413. The van der Waals surface area contributed by atoms with Crippen molar-refractivity contribution in [2.24, 2.45) is 5.73 Å². The Morgan fingerprint density at radius 2 is 2.05 bits per heavy atom. The second-order valence-corrected chi connectivity index (χ2v) is 6.04. The molecular formula is C15H15BrN2OS. The van der Waals surface area contributed by atoms with Gasteiger partial charge in [-0.05, 0) is 45.8 Å². The fourth-order valence-corrected chi connectivity index (χ4v) is 3.29. The number of hydrogen-bond acceptors (Lipinski definition) is 3. The third-order valence-corrected chi connectivity index (χ3v) is 4.88. The van der Waals surface area contributed by atoms with Gasteiger partial charge in [0.05, 0.1) is 12.7 Å². The molecule has 0 spiro atoms. The van der Waals surface area contributed by atoms with Crippen molar-refractivity contribution in [3.8, 4) is 5.75 Å². The number of ether oxygens (including phenoxy) is 1. The molecule has 0 radical (unpaired) electrons. The summed E-state index contributed by atoms with van der Waals surface area (Å²) in [5.74, 6) is 1.47. The Morgan fingerprint density at radius 1 is 1.30 bits per heavy atom. The molecule has 2 aromatic rings. The summed E-state index contributed by atoms with van der Waals surface area (Å²) in [6.45, 7) is 0. The largest absolute Gasteiger partial charge is 0.496 e. The fourth-order valence-electron chi connectivity index (χ4n) is 1.78. The molecule has 0 bridgehead atoms. The number of nitrogens with one attached hydrogen (secondary N) is 1. The van der Waals surface area contributed by atoms with E-state index in [4.69, 9.17) is 15.9 Å². The molecule has 0 aliphatic rings. The summed E-state index contributed by atoms with van der Waals surface area (Å²) >= 11 is 5.27. The van der Waals surface area contributed by atoms with E-state index in [1.54, 1.807) is 18.9 Å². The molecule has 0 unspecified atom stereocenters. The zero-order valence-corrected chi connectivity index (χ0v) is 13.4. The second kappa shape index (κ2) is 6.81. The molecule has 0 aliphatic heterocycles. The quantitative estimate of drug-likeness (QED) is 0.486. The highest BCUT2D eigenvalue weighted by Crippen LogP contribution is 2.30. The highest BCUT2D eigenvalue weighted by molar-refractivity contribution is 9.10. The van der Waals surface area contributed by atoms with Crippen molar-refractivity contribution in [2.45, 2.75) is 10.6 Å². The average molecular weight is 351 g/mol. The van der Waals surface area contributed by atoms with Crippen molar-refractivity contribution in [1.82, 2.24) is 0 Å². The van der Waals surface area contributed by atoms with Crippen molar-refractivity contribution >= 4 is 33.5 Å². The molecule has 0 amide bonds. The summed E-state index contributed by atoms with van der Waals surface area (Å²) in [6.07, 6.45) is 0. The van der Waals surface area contributed by atoms with Crippen molar-refractivity contribution in [1.29, 1.82) is 5.41 Å². The Bertz CT molecular complexity index is 631. The monoisotopic (exact) mass is 350 g/mol. The molecule has 20 heavy (non-hydrogen) atoms. The SMILES string of the molecule is COc1ccc(CSc2ccccc2Br)cc1C(=N)N. The number of thioether (sulfide) groups is 1. The van der Waals surface area contributed by atoms with Crippen molar-refractivity contribution in [3.63, 3.8) is 0 Å². The van der Waals surface area contributed by atoms with Gasteiger partial charge in [0.15, 0.2) is 0 Å². The van der Waals surface area contributed by atoms with Gasteiger partial charge in [0.2, 0.25) is 0 Å². The van der Waals surface area contributed by atoms with Gasteiger partial charge in [0.1, 0.15) is 11.6 Å². The Kier molecular flexibility index (Phi) is 5.09. The number of amidine groups is 1. The molecule has 104 valence electrons. The number of hydrogen-bond donors (Lipinski definition) is 2. The minimum absolute atomic E-state index is 0.0228. The molecule has 0 aromatic heterocycles. The summed E-state index contributed by atoms with van der Waals surface area (Å²) in [5.41, 5.74) is 7.32. The van der Waals surface area contributed by atoms with Gasteiger partial charge in [-0.3, -0.25) is 5.41 Å². The smallest absolute Gasteiger partial charge is 0.129 e. The van der Waals surface area contributed by atoms with Gasteiger partial charge in [-0.25, -0.2) is 0 Å². The summed E-state index contributed by atoms with van der Waals surface area (Å²) in [7, 11) is 1.58. The maximum Gasteiger partial charge on any atom is 0.129 e. The Hall–Kier alpha value is -1.46. The van der Waals surface area contributed by atoms with Gasteiger partial charge < -0.3 is 10.5 Å². The fraction of sp³-hybridized carbons (Fsp3) is 0.133. The zero-order chi connectivity index (χ0) is 14.5. The highest BCUT2D eigenvalue weighted by atomic mass is 79.9. The molecule has 5 heteroatoms. The van der Waals surface area contributed by atoms with Crippen LogP contribution >= 0.6 is 27.7 Å². The van der Waals surface area contributed by atoms with E-state index in [-0.39, 0.29) is 5.84 Å². The maximum atomic E-state index is 7.59. The first kappa shape index (κ1) is 14.9. The lowest BCUT2D eigenvalue weighted by atomic mass is 10.1. The zero-order valence-electron chi connectivity index (χ0n) is 11.0. The number of nitrogen functional groups attached to an aromatic ring is 1. The molecule has 0 saturated heterocycles. The molecule has 2 aromatic carbocycles. The first-order valence-electron chi connectivity index (χ1n) is 6.00. The standard InChI is InChI=1S/C15H15BrN2OS/c1-19-13-7-6-10(8-11(13)15(17)18)9-20-14-5-3-2-4-12(14)16/h2-8H,9H2,1H3,(H3,17,18). The summed E-state index contributed by atoms with van der Waals surface area (Å²) in [4.78, 5) is 1.19. The van der Waals surface area contributed by atoms with E-state index < -0.39 is 0 Å². The molecule has 0 fully saturated rings. The number of halogens is 1. The van der Waals surface area contributed by atoms with Crippen LogP contribution in [-0.2, 0) is 5.75 Å². The van der Waals surface area contributed by atoms with Crippen molar-refractivity contribution in [3.05, 3.63) is 58.1 Å². The second-order valence-electron chi connectivity index (χ2n) is 4.17. The van der Waals surface area contributed by atoms with Gasteiger partial charge in [-0.15, -0.1) is 11.8 Å². The van der Waals surface area contributed by atoms with E-state index in [1.807, 2.05) is 36.4 Å². The van der Waals surface area contributed by atoms with Crippen LogP contribution in [0, 0.1) is 5.41 Å². The highest BCUT2D eigenvalue weighted by Gasteiger charge is 2.08. The van der Waals surface area contributed by atoms with Crippen LogP contribution in [0.4, 0.5) is 0 Å². The normalized spacial score (nSPS) is 10.3. The topological polar surface area (TPSA) is 59.1 Å². The van der Waals surface area contributed by atoms with Crippen molar-refractivity contribution in [2.75, 3.05) is 7.11 Å². The Balaban J connectivity index is 2.16. The minimum Gasteiger partial charge on any atom is -0.496 e. The molecule has 0 aliphatic carbocycles. The molecule has 0 saturated carbocycles. The lowest BCUT2D eigenvalue weighted by Crippen LogP contribution is -2.12. The Morgan fingerprint density at radius 3 is 2.70 bits per heavy atom. The molecule has 3 N–H and O–H groups in total. The third kappa shape index (κ3) is 3.55. The average Bonchev–Trinajstić information content (AvgIpc) is 2.46. The van der Waals surface area contributed by atoms with Gasteiger partial charge in [0, 0.05) is 15.1 Å². The first-order valence-corrected chi connectivity index (χ1v) is 7.78. The van der Waals surface area contributed by atoms with Crippen LogP contribution in [0.25, 0.3) is 0 Å². The van der Waals surface area contributed by atoms with Crippen LogP contribution in [0.5, 0.6) is 5.75 Å². The van der Waals surface area contributed by atoms with E-state index in [0.717, 1.165) is 15.8 Å². The van der Waals surface area contributed by atoms with E-state index in [0.29, 0.717) is 11.3 Å². The van der Waals surface area contributed by atoms with E-state index in [1.165, 1.54) is 4.90 Å². The van der Waals surface area contributed by atoms with Crippen LogP contribution in [-0.4, -0.2) is 12.9 Å². The van der Waals surface area contributed by atoms with Gasteiger partial charge in [-0.2, -0.15) is 0 Å². The molecule has 2 rings (SSSR count). The molecule has 0 heterocycles. The number of rotatable bonds is 5.